The van der Waals surface area contributed by atoms with Gasteiger partial charge < -0.3 is 14.8 Å². The van der Waals surface area contributed by atoms with Gasteiger partial charge in [0.05, 0.1) is 13.7 Å². The van der Waals surface area contributed by atoms with Gasteiger partial charge >= 0.3 is 0 Å². The zero-order valence-electron chi connectivity index (χ0n) is 18.4. The fourth-order valence-corrected chi connectivity index (χ4v) is 3.88. The highest BCUT2D eigenvalue weighted by molar-refractivity contribution is 5.98. The van der Waals surface area contributed by atoms with Gasteiger partial charge in [0.25, 0.3) is 0 Å². The minimum Gasteiger partial charge on any atom is -0.496 e. The molecule has 0 aromatic heterocycles. The lowest BCUT2D eigenvalue weighted by atomic mass is 10.0. The second-order valence-electron chi connectivity index (χ2n) is 7.81. The molecule has 6 heteroatoms. The van der Waals surface area contributed by atoms with Crippen LogP contribution < -0.4 is 14.8 Å². The lowest BCUT2D eigenvalue weighted by Crippen LogP contribution is -2.44. The SMILES string of the molecule is CCOc1ccc(C(=O)CCC(=O)NC2CCN(Cc3ccccc3OC)CC2)cc1. The van der Waals surface area contributed by atoms with E-state index in [9.17, 15) is 9.59 Å². The van der Waals surface area contributed by atoms with Crippen molar-refractivity contribution in [3.63, 3.8) is 0 Å². The Morgan fingerprint density at radius 2 is 1.74 bits per heavy atom. The van der Waals surface area contributed by atoms with E-state index in [4.69, 9.17) is 9.47 Å². The first kappa shape index (κ1) is 22.8. The normalized spacial score (nSPS) is 14.8. The van der Waals surface area contributed by atoms with E-state index >= 15 is 0 Å². The lowest BCUT2D eigenvalue weighted by molar-refractivity contribution is -0.122. The molecule has 0 spiro atoms. The molecule has 1 N–H and O–H groups in total. The van der Waals surface area contributed by atoms with Crippen molar-refractivity contribution in [2.75, 3.05) is 26.8 Å². The predicted octanol–water partition coefficient (Wildman–Crippen LogP) is 3.84. The van der Waals surface area contributed by atoms with Crippen molar-refractivity contribution in [2.24, 2.45) is 0 Å². The molecule has 1 aliphatic heterocycles. The predicted molar refractivity (Wildman–Crippen MR) is 121 cm³/mol. The molecule has 0 bridgehead atoms. The van der Waals surface area contributed by atoms with Gasteiger partial charge in [0.15, 0.2) is 5.78 Å². The lowest BCUT2D eigenvalue weighted by Gasteiger charge is -2.32. The van der Waals surface area contributed by atoms with Crippen LogP contribution >= 0.6 is 0 Å². The van der Waals surface area contributed by atoms with E-state index in [1.54, 1.807) is 31.4 Å². The molecular weight excluding hydrogens is 392 g/mol. The molecule has 6 nitrogen and oxygen atoms in total. The van der Waals surface area contributed by atoms with Gasteiger partial charge in [-0.05, 0) is 50.1 Å². The molecule has 0 aliphatic carbocycles. The topological polar surface area (TPSA) is 67.9 Å². The maximum absolute atomic E-state index is 12.3. The van der Waals surface area contributed by atoms with Crippen LogP contribution in [0.4, 0.5) is 0 Å². The number of piperidine rings is 1. The van der Waals surface area contributed by atoms with Crippen molar-refractivity contribution in [3.8, 4) is 11.5 Å². The van der Waals surface area contributed by atoms with E-state index < -0.39 is 0 Å². The molecule has 0 saturated carbocycles. The van der Waals surface area contributed by atoms with Gasteiger partial charge in [0.1, 0.15) is 11.5 Å². The Bertz CT molecular complexity index is 858. The average molecular weight is 425 g/mol. The van der Waals surface area contributed by atoms with Gasteiger partial charge in [0, 0.05) is 49.6 Å². The summed E-state index contributed by atoms with van der Waals surface area (Å²) in [5.74, 6) is 1.58. The van der Waals surface area contributed by atoms with Crippen molar-refractivity contribution in [2.45, 2.75) is 45.2 Å². The number of para-hydroxylation sites is 1. The molecule has 1 heterocycles. The highest BCUT2D eigenvalue weighted by atomic mass is 16.5. The van der Waals surface area contributed by atoms with Crippen LogP contribution in [0.2, 0.25) is 0 Å². The minimum atomic E-state index is -0.0533. The summed E-state index contributed by atoms with van der Waals surface area (Å²) in [5.41, 5.74) is 1.79. The Morgan fingerprint density at radius 1 is 1.03 bits per heavy atom. The zero-order chi connectivity index (χ0) is 22.1. The van der Waals surface area contributed by atoms with Crippen LogP contribution in [0.15, 0.2) is 48.5 Å². The summed E-state index contributed by atoms with van der Waals surface area (Å²) in [4.78, 5) is 27.1. The number of methoxy groups -OCH3 is 1. The van der Waals surface area contributed by atoms with E-state index in [0.29, 0.717) is 12.2 Å². The van der Waals surface area contributed by atoms with Crippen molar-refractivity contribution in [1.82, 2.24) is 10.2 Å². The summed E-state index contributed by atoms with van der Waals surface area (Å²) < 4.78 is 10.8. The number of amides is 1. The first-order chi connectivity index (χ1) is 15.1. The summed E-state index contributed by atoms with van der Waals surface area (Å²) in [6.45, 7) is 5.21. The van der Waals surface area contributed by atoms with Gasteiger partial charge in [-0.1, -0.05) is 18.2 Å². The Labute approximate surface area is 184 Å². The van der Waals surface area contributed by atoms with Gasteiger partial charge in [-0.2, -0.15) is 0 Å². The molecule has 0 unspecified atom stereocenters. The van der Waals surface area contributed by atoms with Gasteiger partial charge in [0.2, 0.25) is 5.91 Å². The number of hydrogen-bond donors (Lipinski definition) is 1. The molecule has 2 aromatic rings. The Kier molecular flexibility index (Phi) is 8.47. The van der Waals surface area contributed by atoms with Crippen LogP contribution in [0.25, 0.3) is 0 Å². The number of carbonyl (C=O) groups is 2. The largest absolute Gasteiger partial charge is 0.496 e. The summed E-state index contributed by atoms with van der Waals surface area (Å²) in [6, 6.07) is 15.3. The standard InChI is InChI=1S/C25H32N2O4/c1-3-31-22-10-8-19(9-11-22)23(28)12-13-25(29)26-21-14-16-27(17-15-21)18-20-6-4-5-7-24(20)30-2/h4-11,21H,3,12-18H2,1-2H3,(H,26,29). The van der Waals surface area contributed by atoms with Gasteiger partial charge in [-0.25, -0.2) is 0 Å². The van der Waals surface area contributed by atoms with Crippen LogP contribution in [-0.2, 0) is 11.3 Å². The van der Waals surface area contributed by atoms with Crippen LogP contribution in [0.5, 0.6) is 11.5 Å². The van der Waals surface area contributed by atoms with Crippen molar-refractivity contribution >= 4 is 11.7 Å². The third kappa shape index (κ3) is 6.82. The van der Waals surface area contributed by atoms with Gasteiger partial charge in [-0.15, -0.1) is 0 Å². The molecule has 1 fully saturated rings. The highest BCUT2D eigenvalue weighted by Crippen LogP contribution is 2.21. The van der Waals surface area contributed by atoms with Crippen molar-refractivity contribution < 1.29 is 19.1 Å². The summed E-state index contributed by atoms with van der Waals surface area (Å²) >= 11 is 0. The number of rotatable bonds is 10. The van der Waals surface area contributed by atoms with Gasteiger partial charge in [-0.3, -0.25) is 14.5 Å². The second kappa shape index (κ2) is 11.5. The second-order valence-corrected chi connectivity index (χ2v) is 7.81. The summed E-state index contributed by atoms with van der Waals surface area (Å²) in [7, 11) is 1.70. The van der Waals surface area contributed by atoms with Crippen LogP contribution in [0.3, 0.4) is 0 Å². The van der Waals surface area contributed by atoms with Crippen LogP contribution in [0.1, 0.15) is 48.5 Å². The third-order valence-corrected chi connectivity index (χ3v) is 5.61. The molecule has 1 aliphatic rings. The first-order valence-corrected chi connectivity index (χ1v) is 11.0. The van der Waals surface area contributed by atoms with E-state index in [1.165, 1.54) is 5.56 Å². The Balaban J connectivity index is 1.38. The number of likely N-dealkylation sites (tertiary alicyclic amines) is 1. The molecule has 0 atom stereocenters. The smallest absolute Gasteiger partial charge is 0.220 e. The Morgan fingerprint density at radius 3 is 2.42 bits per heavy atom. The average Bonchev–Trinajstić information content (AvgIpc) is 2.80. The molecular formula is C25H32N2O4. The molecule has 3 rings (SSSR count). The van der Waals surface area contributed by atoms with Crippen molar-refractivity contribution in [1.29, 1.82) is 0 Å². The minimum absolute atomic E-state index is 0.0233. The van der Waals surface area contributed by atoms with E-state index in [1.807, 2.05) is 25.1 Å². The maximum Gasteiger partial charge on any atom is 0.220 e. The monoisotopic (exact) mass is 424 g/mol. The van der Waals surface area contributed by atoms with Crippen molar-refractivity contribution in [3.05, 3.63) is 59.7 Å². The third-order valence-electron chi connectivity index (χ3n) is 5.61. The van der Waals surface area contributed by atoms with Crippen LogP contribution in [-0.4, -0.2) is 49.4 Å². The molecule has 1 saturated heterocycles. The first-order valence-electron chi connectivity index (χ1n) is 11.0. The van der Waals surface area contributed by atoms with E-state index in [-0.39, 0.29) is 30.6 Å². The quantitative estimate of drug-likeness (QED) is 0.587. The number of nitrogens with one attached hydrogen (secondary N) is 1. The number of carbonyl (C=O) groups excluding carboxylic acids is 2. The molecule has 166 valence electrons. The molecule has 1 amide bonds. The molecule has 0 radical (unpaired) electrons. The maximum atomic E-state index is 12.3. The fraction of sp³-hybridized carbons (Fsp3) is 0.440. The number of ketones is 1. The summed E-state index contributed by atoms with van der Waals surface area (Å²) in [6.07, 6.45) is 2.25. The fourth-order valence-electron chi connectivity index (χ4n) is 3.88. The summed E-state index contributed by atoms with van der Waals surface area (Å²) in [5, 5.41) is 3.10. The van der Waals surface area contributed by atoms with E-state index in [0.717, 1.165) is 44.0 Å². The van der Waals surface area contributed by atoms with Crippen LogP contribution in [0, 0.1) is 0 Å². The number of hydrogen-bond acceptors (Lipinski definition) is 5. The number of ether oxygens (including phenoxy) is 2. The number of Topliss-reactive ketones (excluding diaryl/α,β-unsaturated/α-hetero) is 1. The highest BCUT2D eigenvalue weighted by Gasteiger charge is 2.21. The number of nitrogens with zero attached hydrogens (tertiary/aromatic N) is 1. The molecule has 2 aromatic carbocycles. The number of benzene rings is 2. The Hall–Kier alpha value is -2.86. The zero-order valence-corrected chi connectivity index (χ0v) is 18.4. The molecule has 31 heavy (non-hydrogen) atoms. The van der Waals surface area contributed by atoms with E-state index in [2.05, 4.69) is 16.3 Å².